The highest BCUT2D eigenvalue weighted by Gasteiger charge is 2.54. The van der Waals surface area contributed by atoms with Gasteiger partial charge in [0.25, 0.3) is 0 Å². The second kappa shape index (κ2) is 4.70. The number of hydrogen-bond donors (Lipinski definition) is 1. The number of halogens is 1. The molecule has 1 N–H and O–H groups in total. The standard InChI is InChI=1S/C15H19ClN2OS/c16-7-12-8-20-14(17-12)18-13(19)15-4-9-1-10(5-15)3-11(2-9)6-15/h8-11H,1-7H2,(H,17,18,19). The highest BCUT2D eigenvalue weighted by molar-refractivity contribution is 7.14. The summed E-state index contributed by atoms with van der Waals surface area (Å²) in [7, 11) is 0. The molecule has 108 valence electrons. The number of carbonyl (C=O) groups excluding carboxylic acids is 1. The van der Waals surface area contributed by atoms with E-state index in [1.807, 2.05) is 5.38 Å². The van der Waals surface area contributed by atoms with Crippen LogP contribution in [0.5, 0.6) is 0 Å². The predicted octanol–water partition coefficient (Wildman–Crippen LogP) is 4.04. The molecule has 3 nitrogen and oxygen atoms in total. The summed E-state index contributed by atoms with van der Waals surface area (Å²) in [6.45, 7) is 0. The lowest BCUT2D eigenvalue weighted by atomic mass is 9.49. The first-order valence-electron chi connectivity index (χ1n) is 7.49. The molecule has 1 aromatic rings. The number of nitrogens with zero attached hydrogens (tertiary/aromatic N) is 1. The van der Waals surface area contributed by atoms with Gasteiger partial charge in [-0.1, -0.05) is 0 Å². The normalized spacial score (nSPS) is 38.1. The predicted molar refractivity (Wildman–Crippen MR) is 80.9 cm³/mol. The van der Waals surface area contributed by atoms with Gasteiger partial charge in [-0.15, -0.1) is 22.9 Å². The van der Waals surface area contributed by atoms with Gasteiger partial charge in [-0.3, -0.25) is 4.79 Å². The molecule has 4 bridgehead atoms. The Balaban J connectivity index is 1.53. The summed E-state index contributed by atoms with van der Waals surface area (Å²) in [6.07, 6.45) is 7.37. The van der Waals surface area contributed by atoms with Crippen LogP contribution >= 0.6 is 22.9 Å². The van der Waals surface area contributed by atoms with Gasteiger partial charge in [0.05, 0.1) is 17.0 Å². The average Bonchev–Trinajstić information content (AvgIpc) is 2.85. The molecule has 4 aliphatic carbocycles. The van der Waals surface area contributed by atoms with E-state index in [0.717, 1.165) is 42.7 Å². The van der Waals surface area contributed by atoms with E-state index in [9.17, 15) is 4.79 Å². The monoisotopic (exact) mass is 310 g/mol. The van der Waals surface area contributed by atoms with Crippen LogP contribution in [0.4, 0.5) is 5.13 Å². The van der Waals surface area contributed by atoms with Gasteiger partial charge in [0.2, 0.25) is 5.91 Å². The Bertz CT molecular complexity index is 506. The fourth-order valence-electron chi connectivity index (χ4n) is 5.04. The van der Waals surface area contributed by atoms with E-state index in [-0.39, 0.29) is 11.3 Å². The Morgan fingerprint density at radius 1 is 1.30 bits per heavy atom. The summed E-state index contributed by atoms with van der Waals surface area (Å²) < 4.78 is 0. The van der Waals surface area contributed by atoms with Gasteiger partial charge in [-0.25, -0.2) is 4.98 Å². The van der Waals surface area contributed by atoms with Crippen LogP contribution in [0.25, 0.3) is 0 Å². The molecule has 0 saturated heterocycles. The SMILES string of the molecule is O=C(Nc1nc(CCl)cs1)C12CC3CC(CC(C3)C1)C2. The van der Waals surface area contributed by atoms with E-state index in [1.165, 1.54) is 30.6 Å². The lowest BCUT2D eigenvalue weighted by molar-refractivity contribution is -0.140. The summed E-state index contributed by atoms with van der Waals surface area (Å²) in [5.41, 5.74) is 0.749. The van der Waals surface area contributed by atoms with Crippen molar-refractivity contribution < 1.29 is 4.79 Å². The van der Waals surface area contributed by atoms with Crippen molar-refractivity contribution >= 4 is 34.0 Å². The van der Waals surface area contributed by atoms with Gasteiger partial charge in [0.1, 0.15) is 0 Å². The summed E-state index contributed by atoms with van der Waals surface area (Å²) >= 11 is 7.24. The van der Waals surface area contributed by atoms with Crippen molar-refractivity contribution in [2.45, 2.75) is 44.4 Å². The zero-order valence-electron chi connectivity index (χ0n) is 11.4. The Hall–Kier alpha value is -0.610. The van der Waals surface area contributed by atoms with Gasteiger partial charge in [0.15, 0.2) is 5.13 Å². The lowest BCUT2D eigenvalue weighted by Crippen LogP contribution is -2.51. The van der Waals surface area contributed by atoms with E-state index in [2.05, 4.69) is 10.3 Å². The lowest BCUT2D eigenvalue weighted by Gasteiger charge is -2.55. The molecule has 0 spiro atoms. The van der Waals surface area contributed by atoms with Gasteiger partial charge >= 0.3 is 0 Å². The maximum Gasteiger partial charge on any atom is 0.232 e. The van der Waals surface area contributed by atoms with Crippen molar-refractivity contribution in [3.8, 4) is 0 Å². The molecule has 0 aliphatic heterocycles. The molecule has 0 unspecified atom stereocenters. The molecule has 1 heterocycles. The maximum atomic E-state index is 12.8. The van der Waals surface area contributed by atoms with E-state index >= 15 is 0 Å². The van der Waals surface area contributed by atoms with E-state index < -0.39 is 0 Å². The second-order valence-electron chi connectivity index (χ2n) is 6.93. The fourth-order valence-corrected chi connectivity index (χ4v) is 5.98. The molecule has 5 rings (SSSR count). The largest absolute Gasteiger partial charge is 0.301 e. The number of nitrogens with one attached hydrogen (secondary N) is 1. The first-order chi connectivity index (χ1) is 9.67. The highest BCUT2D eigenvalue weighted by atomic mass is 35.5. The van der Waals surface area contributed by atoms with Crippen LogP contribution in [0.2, 0.25) is 0 Å². The minimum atomic E-state index is -0.0957. The van der Waals surface area contributed by atoms with Crippen molar-refractivity contribution in [2.75, 3.05) is 5.32 Å². The Morgan fingerprint density at radius 2 is 1.90 bits per heavy atom. The highest BCUT2D eigenvalue weighted by Crippen LogP contribution is 2.60. The van der Waals surface area contributed by atoms with E-state index in [1.54, 1.807) is 0 Å². The molecule has 20 heavy (non-hydrogen) atoms. The molecule has 4 fully saturated rings. The van der Waals surface area contributed by atoms with Crippen molar-refractivity contribution in [3.63, 3.8) is 0 Å². The van der Waals surface area contributed by atoms with Crippen LogP contribution < -0.4 is 5.32 Å². The molecule has 4 aliphatic rings. The zero-order chi connectivity index (χ0) is 13.7. The van der Waals surface area contributed by atoms with Gasteiger partial charge in [-0.05, 0) is 56.3 Å². The minimum Gasteiger partial charge on any atom is -0.301 e. The van der Waals surface area contributed by atoms with Crippen molar-refractivity contribution in [2.24, 2.45) is 23.2 Å². The zero-order valence-corrected chi connectivity index (χ0v) is 13.0. The quantitative estimate of drug-likeness (QED) is 0.856. The Labute approximate surface area is 128 Å². The molecule has 1 amide bonds. The van der Waals surface area contributed by atoms with Crippen LogP contribution in [-0.4, -0.2) is 10.9 Å². The molecule has 4 saturated carbocycles. The van der Waals surface area contributed by atoms with Gasteiger partial charge in [0, 0.05) is 5.38 Å². The number of thiazole rings is 1. The number of aromatic nitrogens is 1. The van der Waals surface area contributed by atoms with Crippen molar-refractivity contribution in [1.29, 1.82) is 0 Å². The summed E-state index contributed by atoms with van der Waals surface area (Å²) in [5, 5.41) is 5.69. The van der Waals surface area contributed by atoms with Gasteiger partial charge < -0.3 is 5.32 Å². The minimum absolute atomic E-state index is 0.0957. The number of alkyl halides is 1. The molecule has 0 radical (unpaired) electrons. The number of rotatable bonds is 3. The summed E-state index contributed by atoms with van der Waals surface area (Å²) in [4.78, 5) is 17.1. The molecular formula is C15H19ClN2OS. The first kappa shape index (κ1) is 13.1. The number of anilines is 1. The van der Waals surface area contributed by atoms with Crippen molar-refractivity contribution in [1.82, 2.24) is 4.98 Å². The summed E-state index contributed by atoms with van der Waals surface area (Å²) in [6, 6.07) is 0. The first-order valence-corrected chi connectivity index (χ1v) is 8.90. The molecular weight excluding hydrogens is 292 g/mol. The third kappa shape index (κ3) is 2.08. The van der Waals surface area contributed by atoms with Crippen LogP contribution in [0.15, 0.2) is 5.38 Å². The molecule has 0 atom stereocenters. The third-order valence-electron chi connectivity index (χ3n) is 5.43. The third-order valence-corrected chi connectivity index (χ3v) is 6.51. The van der Waals surface area contributed by atoms with E-state index in [4.69, 9.17) is 11.6 Å². The van der Waals surface area contributed by atoms with E-state index in [0.29, 0.717) is 11.0 Å². The van der Waals surface area contributed by atoms with Crippen LogP contribution in [0.3, 0.4) is 0 Å². The Morgan fingerprint density at radius 3 is 2.40 bits per heavy atom. The van der Waals surface area contributed by atoms with Gasteiger partial charge in [-0.2, -0.15) is 0 Å². The van der Waals surface area contributed by atoms with Crippen molar-refractivity contribution in [3.05, 3.63) is 11.1 Å². The van der Waals surface area contributed by atoms with Crippen LogP contribution in [0.1, 0.15) is 44.2 Å². The average molecular weight is 311 g/mol. The molecule has 1 aromatic heterocycles. The van der Waals surface area contributed by atoms with Crippen LogP contribution in [0, 0.1) is 23.2 Å². The molecule has 5 heteroatoms. The topological polar surface area (TPSA) is 42.0 Å². The second-order valence-corrected chi connectivity index (χ2v) is 8.06. The summed E-state index contributed by atoms with van der Waals surface area (Å²) in [5.74, 6) is 3.00. The number of amides is 1. The maximum absolute atomic E-state index is 12.8. The fraction of sp³-hybridized carbons (Fsp3) is 0.733. The van der Waals surface area contributed by atoms with Crippen LogP contribution in [-0.2, 0) is 10.7 Å². The Kier molecular flexibility index (Phi) is 3.08. The molecule has 0 aromatic carbocycles. The number of hydrogen-bond acceptors (Lipinski definition) is 3. The smallest absolute Gasteiger partial charge is 0.232 e. The number of carbonyl (C=O) groups is 1.